The molecule has 8 bridgehead atoms. The third-order valence-corrected chi connectivity index (χ3v) is 7.29. The zero-order valence-electron chi connectivity index (χ0n) is 20.7. The Morgan fingerprint density at radius 3 is 1.54 bits per heavy atom. The number of imide groups is 1. The van der Waals surface area contributed by atoms with E-state index in [4.69, 9.17) is 5.73 Å². The van der Waals surface area contributed by atoms with E-state index in [1.807, 2.05) is 61.7 Å². The van der Waals surface area contributed by atoms with Crippen LogP contribution >= 0.6 is 15.9 Å². The first-order valence-corrected chi connectivity index (χ1v) is 12.4. The number of alkyl halides is 1. The number of hydrogen-bond donors (Lipinski definition) is 4. The fourth-order valence-electron chi connectivity index (χ4n) is 3.74. The smallest absolute Gasteiger partial charge is 0.318 e. The molecule has 3 aromatic heterocycles. The molecule has 0 aliphatic carbocycles. The molecule has 5 heterocycles. The predicted octanol–water partition coefficient (Wildman–Crippen LogP) is 5.79. The average molecular weight is 613 g/mol. The predicted molar refractivity (Wildman–Crippen MR) is 149 cm³/mol. The van der Waals surface area contributed by atoms with E-state index in [2.05, 4.69) is 66.2 Å². The van der Waals surface area contributed by atoms with Crippen molar-refractivity contribution < 1.29 is 29.1 Å². The van der Waals surface area contributed by atoms with Crippen molar-refractivity contribution in [2.45, 2.75) is 31.0 Å². The first-order chi connectivity index (χ1) is 17.3. The molecule has 0 atom stereocenters. The number of carbonyl (C=O) groups excluding carboxylic acids is 2. The molecule has 0 unspecified atom stereocenters. The maximum atomic E-state index is 11.3. The fourth-order valence-corrected chi connectivity index (χ4v) is 3.84. The number of nitrogens with zero attached hydrogens (tertiary/aromatic N) is 2. The Balaban J connectivity index is 0.000000253. The molecule has 0 saturated carbocycles. The molecule has 186 valence electrons. The summed E-state index contributed by atoms with van der Waals surface area (Å²) < 4.78 is -0.665. The van der Waals surface area contributed by atoms with Crippen LogP contribution in [0.3, 0.4) is 0 Å². The molecule has 3 aromatic rings. The summed E-state index contributed by atoms with van der Waals surface area (Å²) in [4.78, 5) is 37.7. The van der Waals surface area contributed by atoms with E-state index in [0.717, 1.165) is 44.8 Å². The Hall–Kier alpha value is -3.36. The summed E-state index contributed by atoms with van der Waals surface area (Å²) >= 11 is 3.26. The normalized spacial score (nSPS) is 11.8. The Kier molecular flexibility index (Phi) is 9.35. The van der Waals surface area contributed by atoms with Gasteiger partial charge in [-0.15, -0.1) is 0 Å². The first-order valence-electron chi connectivity index (χ1n) is 11.6. The van der Waals surface area contributed by atoms with Gasteiger partial charge in [0, 0.05) is 41.5 Å². The van der Waals surface area contributed by atoms with E-state index in [1.165, 1.54) is 0 Å². The summed E-state index contributed by atoms with van der Waals surface area (Å²) in [5, 5.41) is 2.04. The molecule has 3 amide bonds. The van der Waals surface area contributed by atoms with E-state index < -0.39 is 10.4 Å². The molecule has 5 N–H and O–H groups in total. The molecule has 2 aliphatic rings. The molecular formula is C27H27BrN6O2Zn. The van der Waals surface area contributed by atoms with Gasteiger partial charge < -0.3 is 15.7 Å². The molecule has 0 fully saturated rings. The van der Waals surface area contributed by atoms with Crippen molar-refractivity contribution in [3.8, 4) is 0 Å². The molecule has 0 radical (unpaired) electrons. The van der Waals surface area contributed by atoms with Crippen molar-refractivity contribution in [3.05, 3.63) is 71.3 Å². The molecule has 37 heavy (non-hydrogen) atoms. The van der Waals surface area contributed by atoms with Gasteiger partial charge in [0.25, 0.3) is 0 Å². The molecular weight excluding hydrogens is 586 g/mol. The van der Waals surface area contributed by atoms with Crippen LogP contribution in [0, 0.1) is 0 Å². The number of rotatable bonds is 3. The van der Waals surface area contributed by atoms with E-state index in [9.17, 15) is 9.59 Å². The summed E-state index contributed by atoms with van der Waals surface area (Å²) in [5.74, 6) is -0.375. The van der Waals surface area contributed by atoms with Crippen molar-refractivity contribution in [2.75, 3.05) is 0 Å². The van der Waals surface area contributed by atoms with Crippen LogP contribution < -0.4 is 11.1 Å². The Labute approximate surface area is 235 Å². The molecule has 0 aromatic carbocycles. The number of nitrogens with two attached hydrogens (primary N) is 1. The number of nitrogens with one attached hydrogen (secondary N) is 3. The molecule has 0 spiro atoms. The van der Waals surface area contributed by atoms with E-state index in [-0.39, 0.29) is 25.4 Å². The topological polar surface area (TPSA) is 130 Å². The van der Waals surface area contributed by atoms with Crippen molar-refractivity contribution >= 4 is 74.2 Å². The van der Waals surface area contributed by atoms with Gasteiger partial charge in [-0.2, -0.15) is 0 Å². The maximum absolute atomic E-state index is 11.3. The van der Waals surface area contributed by atoms with Crippen LogP contribution in [-0.2, 0) is 24.3 Å². The van der Waals surface area contributed by atoms with Gasteiger partial charge in [0.05, 0.1) is 22.8 Å². The summed E-state index contributed by atoms with van der Waals surface area (Å²) in [6, 6.07) is 15.6. The third-order valence-electron chi connectivity index (χ3n) is 5.81. The third kappa shape index (κ3) is 7.34. The first kappa shape index (κ1) is 28.2. The molecule has 8 nitrogen and oxygen atoms in total. The monoisotopic (exact) mass is 610 g/mol. The number of aromatic nitrogens is 4. The standard InChI is InChI=1S/C20H14N4.C7H13BrN2O2.Zn/c1-2-14-10-16-5-6-18(23-16)12-20-8-7-19(24-20)11-17-4-3-15(22-17)9-13(1)21-14;1-3-7(8,4-2)5(11)10-6(9)12;/h1-12,21-22H;3-4H2,1-2H3,(H3,9,10,11,12);. The van der Waals surface area contributed by atoms with Crippen LogP contribution in [0.5, 0.6) is 0 Å². The quantitative estimate of drug-likeness (QED) is 0.152. The second-order valence-corrected chi connectivity index (χ2v) is 9.91. The van der Waals surface area contributed by atoms with Crippen molar-refractivity contribution in [3.63, 3.8) is 0 Å². The number of fused-ring (bicyclic) bond motifs is 8. The Morgan fingerprint density at radius 1 is 0.784 bits per heavy atom. The van der Waals surface area contributed by atoms with Crippen molar-refractivity contribution in [1.82, 2.24) is 25.3 Å². The van der Waals surface area contributed by atoms with Crippen LogP contribution in [-0.4, -0.2) is 36.2 Å². The van der Waals surface area contributed by atoms with E-state index in [0.29, 0.717) is 12.8 Å². The van der Waals surface area contributed by atoms with Crippen LogP contribution in [0.25, 0.3) is 46.4 Å². The van der Waals surface area contributed by atoms with Crippen LogP contribution in [0.15, 0.2) is 48.5 Å². The minimum atomic E-state index is -0.814. The minimum absolute atomic E-state index is 0. The van der Waals surface area contributed by atoms with E-state index in [1.54, 1.807) is 0 Å². The van der Waals surface area contributed by atoms with Gasteiger partial charge in [-0.05, 0) is 85.7 Å². The number of H-pyrrole nitrogens is 2. The van der Waals surface area contributed by atoms with Gasteiger partial charge in [-0.25, -0.2) is 14.8 Å². The zero-order chi connectivity index (χ0) is 25.7. The molecule has 2 aliphatic heterocycles. The Morgan fingerprint density at radius 2 is 1.16 bits per heavy atom. The van der Waals surface area contributed by atoms with E-state index >= 15 is 0 Å². The van der Waals surface area contributed by atoms with Crippen LogP contribution in [0.4, 0.5) is 4.79 Å². The van der Waals surface area contributed by atoms with Gasteiger partial charge in [0.15, 0.2) is 0 Å². The van der Waals surface area contributed by atoms with Gasteiger partial charge in [-0.1, -0.05) is 29.8 Å². The van der Waals surface area contributed by atoms with Crippen LogP contribution in [0.2, 0.25) is 0 Å². The van der Waals surface area contributed by atoms with Crippen molar-refractivity contribution in [2.24, 2.45) is 5.73 Å². The largest absolute Gasteiger partial charge is 0.355 e. The summed E-state index contributed by atoms with van der Waals surface area (Å²) in [7, 11) is 0. The number of halogens is 1. The fraction of sp³-hybridized carbons (Fsp3) is 0.185. The van der Waals surface area contributed by atoms with Crippen molar-refractivity contribution in [1.29, 1.82) is 0 Å². The summed E-state index contributed by atoms with van der Waals surface area (Å²) in [6.07, 6.45) is 9.27. The zero-order valence-corrected chi connectivity index (χ0v) is 25.3. The number of hydrogen-bond acceptors (Lipinski definition) is 4. The second kappa shape index (κ2) is 12.3. The number of carbonyl (C=O) groups is 2. The summed E-state index contributed by atoms with van der Waals surface area (Å²) in [5.41, 5.74) is 12.7. The van der Waals surface area contributed by atoms with Gasteiger partial charge >= 0.3 is 6.03 Å². The van der Waals surface area contributed by atoms with Gasteiger partial charge in [-0.3, -0.25) is 10.1 Å². The van der Waals surface area contributed by atoms with Gasteiger partial charge in [0.2, 0.25) is 5.91 Å². The number of aromatic amines is 2. The SMILES string of the molecule is C1=Cc2cc3ccc(cc4ccc(cc5nc(cc1n2)C=C5)[nH]4)[nH]3.CCC(Br)(CC)C(=O)NC(N)=O.[Zn]. The number of amides is 3. The Bertz CT molecular complexity index is 1430. The average Bonchev–Trinajstić information content (AvgIpc) is 3.64. The number of urea groups is 1. The van der Waals surface area contributed by atoms with Gasteiger partial charge in [0.1, 0.15) is 4.32 Å². The summed E-state index contributed by atoms with van der Waals surface area (Å²) in [6.45, 7) is 3.72. The molecule has 5 rings (SSSR count). The molecule has 10 heteroatoms. The molecule has 0 saturated heterocycles. The van der Waals surface area contributed by atoms with Crippen LogP contribution in [0.1, 0.15) is 49.5 Å². The minimum Gasteiger partial charge on any atom is -0.355 e. The second-order valence-electron chi connectivity index (χ2n) is 8.40. The maximum Gasteiger partial charge on any atom is 0.318 e. The number of primary amides is 1.